The van der Waals surface area contributed by atoms with Crippen molar-refractivity contribution in [2.75, 3.05) is 11.9 Å². The Labute approximate surface area is 144 Å². The largest absolute Gasteiger partial charge is 0.455 e. The van der Waals surface area contributed by atoms with Crippen molar-refractivity contribution < 1.29 is 36.3 Å². The van der Waals surface area contributed by atoms with Crippen LogP contribution in [0.25, 0.3) is 0 Å². The summed E-state index contributed by atoms with van der Waals surface area (Å²) in [4.78, 5) is 23.2. The molecular weight excluding hydrogens is 361 g/mol. The second-order valence-corrected chi connectivity index (χ2v) is 5.21. The molecule has 0 saturated heterocycles. The summed E-state index contributed by atoms with van der Waals surface area (Å²) in [6, 6.07) is 6.81. The molecule has 0 spiro atoms. The number of benzene rings is 2. The lowest BCUT2D eigenvalue weighted by Crippen LogP contribution is -2.21. The van der Waals surface area contributed by atoms with Gasteiger partial charge in [-0.1, -0.05) is 18.2 Å². The molecule has 0 fully saturated rings. The van der Waals surface area contributed by atoms with Gasteiger partial charge >= 0.3 is 12.1 Å². The minimum absolute atomic E-state index is 0.0390. The van der Waals surface area contributed by atoms with Gasteiger partial charge in [0, 0.05) is 11.8 Å². The van der Waals surface area contributed by atoms with Crippen LogP contribution in [0, 0.1) is 11.6 Å². The van der Waals surface area contributed by atoms with Gasteiger partial charge in [-0.15, -0.1) is 0 Å². The van der Waals surface area contributed by atoms with Crippen molar-refractivity contribution in [2.24, 2.45) is 0 Å². The number of amides is 1. The zero-order chi connectivity index (χ0) is 19.3. The number of anilines is 1. The van der Waals surface area contributed by atoms with Gasteiger partial charge in [0.15, 0.2) is 18.2 Å². The molecule has 0 heterocycles. The first-order valence-electron chi connectivity index (χ1n) is 7.22. The lowest BCUT2D eigenvalue weighted by molar-refractivity contribution is -0.146. The molecule has 1 amide bonds. The average Bonchev–Trinajstić information content (AvgIpc) is 2.56. The minimum atomic E-state index is -4.54. The molecule has 0 saturated carbocycles. The van der Waals surface area contributed by atoms with E-state index in [-0.39, 0.29) is 11.3 Å². The number of hydrogen-bond donors (Lipinski definition) is 1. The van der Waals surface area contributed by atoms with E-state index in [1.54, 1.807) is 0 Å². The van der Waals surface area contributed by atoms with Gasteiger partial charge in [0.1, 0.15) is 0 Å². The van der Waals surface area contributed by atoms with Crippen molar-refractivity contribution in [3.8, 4) is 0 Å². The molecule has 138 valence electrons. The molecule has 0 unspecified atom stereocenters. The van der Waals surface area contributed by atoms with E-state index in [4.69, 9.17) is 0 Å². The van der Waals surface area contributed by atoms with Gasteiger partial charge in [-0.05, 0) is 23.8 Å². The highest BCUT2D eigenvalue weighted by Crippen LogP contribution is 2.29. The molecule has 1 N–H and O–H groups in total. The molecule has 0 aliphatic rings. The van der Waals surface area contributed by atoms with Gasteiger partial charge < -0.3 is 10.1 Å². The van der Waals surface area contributed by atoms with Crippen LogP contribution < -0.4 is 5.32 Å². The van der Waals surface area contributed by atoms with E-state index in [2.05, 4.69) is 10.1 Å². The second-order valence-electron chi connectivity index (χ2n) is 5.21. The first kappa shape index (κ1) is 19.4. The van der Waals surface area contributed by atoms with Crippen LogP contribution in [0.4, 0.5) is 27.6 Å². The zero-order valence-electron chi connectivity index (χ0n) is 13.1. The van der Waals surface area contributed by atoms with Gasteiger partial charge in [-0.3, -0.25) is 9.59 Å². The molecule has 4 nitrogen and oxygen atoms in total. The highest BCUT2D eigenvalue weighted by Gasteiger charge is 2.30. The zero-order valence-corrected chi connectivity index (χ0v) is 13.1. The topological polar surface area (TPSA) is 55.4 Å². The SMILES string of the molecule is O=C(COC(=O)Cc1cccc(C(F)(F)F)c1)Nc1ccc(F)c(F)c1. The van der Waals surface area contributed by atoms with Gasteiger partial charge in [-0.2, -0.15) is 13.2 Å². The van der Waals surface area contributed by atoms with E-state index < -0.39 is 48.3 Å². The van der Waals surface area contributed by atoms with Crippen LogP contribution in [0.1, 0.15) is 11.1 Å². The summed E-state index contributed by atoms with van der Waals surface area (Å²) in [6.07, 6.45) is -4.99. The fraction of sp³-hybridized carbons (Fsp3) is 0.176. The lowest BCUT2D eigenvalue weighted by atomic mass is 10.1. The molecule has 0 atom stereocenters. The van der Waals surface area contributed by atoms with Gasteiger partial charge in [0.25, 0.3) is 5.91 Å². The van der Waals surface area contributed by atoms with E-state index in [1.165, 1.54) is 6.07 Å². The number of esters is 1. The Morgan fingerprint density at radius 2 is 1.73 bits per heavy atom. The molecule has 2 rings (SSSR count). The predicted octanol–water partition coefficient (Wildman–Crippen LogP) is 3.71. The first-order valence-corrected chi connectivity index (χ1v) is 7.22. The Bertz CT molecular complexity index is 820. The van der Waals surface area contributed by atoms with Gasteiger partial charge in [0.2, 0.25) is 0 Å². The Hall–Kier alpha value is -2.97. The standard InChI is InChI=1S/C17H12F5NO3/c18-13-5-4-12(8-14(13)19)23-15(24)9-26-16(25)7-10-2-1-3-11(6-10)17(20,21)22/h1-6,8H,7,9H2,(H,23,24). The maximum Gasteiger partial charge on any atom is 0.416 e. The molecule has 0 bridgehead atoms. The predicted molar refractivity (Wildman–Crippen MR) is 81.1 cm³/mol. The fourth-order valence-electron chi connectivity index (χ4n) is 1.99. The van der Waals surface area contributed by atoms with Crippen LogP contribution >= 0.6 is 0 Å². The number of nitrogens with one attached hydrogen (secondary N) is 1. The number of alkyl halides is 3. The summed E-state index contributed by atoms with van der Waals surface area (Å²) >= 11 is 0. The van der Waals surface area contributed by atoms with Crippen LogP contribution in [0.3, 0.4) is 0 Å². The molecule has 0 radical (unpaired) electrons. The average molecular weight is 373 g/mol. The Morgan fingerprint density at radius 1 is 1.00 bits per heavy atom. The molecule has 2 aromatic rings. The summed E-state index contributed by atoms with van der Waals surface area (Å²) in [6.45, 7) is -0.725. The first-order chi connectivity index (χ1) is 12.1. The summed E-state index contributed by atoms with van der Waals surface area (Å²) in [5.74, 6) is -3.97. The Kier molecular flexibility index (Phi) is 5.91. The molecule has 0 aromatic heterocycles. The molecule has 2 aromatic carbocycles. The number of hydrogen-bond acceptors (Lipinski definition) is 3. The number of rotatable bonds is 5. The maximum atomic E-state index is 13.0. The van der Waals surface area contributed by atoms with E-state index in [0.717, 1.165) is 36.4 Å². The van der Waals surface area contributed by atoms with Gasteiger partial charge in [0.05, 0.1) is 12.0 Å². The maximum absolute atomic E-state index is 13.0. The van der Waals surface area contributed by atoms with Crippen LogP contribution in [-0.4, -0.2) is 18.5 Å². The summed E-state index contributed by atoms with van der Waals surface area (Å²) < 4.78 is 68.2. The number of carbonyl (C=O) groups is 2. The Morgan fingerprint density at radius 3 is 2.38 bits per heavy atom. The number of carbonyl (C=O) groups excluding carboxylic acids is 2. The molecule has 26 heavy (non-hydrogen) atoms. The third kappa shape index (κ3) is 5.54. The van der Waals surface area contributed by atoms with E-state index in [9.17, 15) is 31.5 Å². The van der Waals surface area contributed by atoms with Crippen LogP contribution in [-0.2, 0) is 26.9 Å². The van der Waals surface area contributed by atoms with Crippen molar-refractivity contribution in [1.29, 1.82) is 0 Å². The van der Waals surface area contributed by atoms with Crippen LogP contribution in [0.5, 0.6) is 0 Å². The third-order valence-electron chi connectivity index (χ3n) is 3.17. The third-order valence-corrected chi connectivity index (χ3v) is 3.17. The van der Waals surface area contributed by atoms with Crippen LogP contribution in [0.15, 0.2) is 42.5 Å². The van der Waals surface area contributed by atoms with Crippen molar-refractivity contribution >= 4 is 17.6 Å². The molecule has 0 aliphatic heterocycles. The fourth-order valence-corrected chi connectivity index (χ4v) is 1.99. The van der Waals surface area contributed by atoms with Crippen molar-refractivity contribution in [1.82, 2.24) is 0 Å². The Balaban J connectivity index is 1.86. The minimum Gasteiger partial charge on any atom is -0.455 e. The van der Waals surface area contributed by atoms with Crippen molar-refractivity contribution in [3.63, 3.8) is 0 Å². The molecule has 0 aliphatic carbocycles. The van der Waals surface area contributed by atoms with E-state index >= 15 is 0 Å². The summed E-state index contributed by atoms with van der Waals surface area (Å²) in [7, 11) is 0. The second kappa shape index (κ2) is 7.94. The normalized spacial score (nSPS) is 11.1. The summed E-state index contributed by atoms with van der Waals surface area (Å²) in [5, 5.41) is 2.19. The molecule has 9 heteroatoms. The van der Waals surface area contributed by atoms with E-state index in [0.29, 0.717) is 0 Å². The van der Waals surface area contributed by atoms with Crippen molar-refractivity contribution in [2.45, 2.75) is 12.6 Å². The highest BCUT2D eigenvalue weighted by molar-refractivity contribution is 5.92. The quantitative estimate of drug-likeness (QED) is 0.642. The number of halogens is 5. The van der Waals surface area contributed by atoms with Gasteiger partial charge in [-0.25, -0.2) is 8.78 Å². The monoisotopic (exact) mass is 373 g/mol. The summed E-state index contributed by atoms with van der Waals surface area (Å²) in [5.41, 5.74) is -0.868. The van der Waals surface area contributed by atoms with Crippen LogP contribution in [0.2, 0.25) is 0 Å². The lowest BCUT2D eigenvalue weighted by Gasteiger charge is -2.09. The smallest absolute Gasteiger partial charge is 0.416 e. The van der Waals surface area contributed by atoms with E-state index in [1.807, 2.05) is 0 Å². The van der Waals surface area contributed by atoms with Crippen molar-refractivity contribution in [3.05, 3.63) is 65.2 Å². The number of ether oxygens (including phenoxy) is 1. The highest BCUT2D eigenvalue weighted by atomic mass is 19.4. The molecular formula is C17H12F5NO3.